The second-order valence-electron chi connectivity index (χ2n) is 4.87. The normalized spacial score (nSPS) is 19.0. The molecule has 2 unspecified atom stereocenters. The van der Waals surface area contributed by atoms with Crippen molar-refractivity contribution >= 4 is 23.7 Å². The van der Waals surface area contributed by atoms with Crippen LogP contribution in [0, 0.1) is 0 Å². The monoisotopic (exact) mass is 300 g/mol. The van der Waals surface area contributed by atoms with Crippen LogP contribution in [0.3, 0.4) is 0 Å². The number of likely N-dealkylation sites (tertiary alicyclic amines) is 1. The van der Waals surface area contributed by atoms with E-state index in [2.05, 4.69) is 10.6 Å². The summed E-state index contributed by atoms with van der Waals surface area (Å²) in [6.45, 7) is 1.27. The predicted molar refractivity (Wildman–Crippen MR) is 72.0 cm³/mol. The zero-order valence-corrected chi connectivity index (χ0v) is 11.8. The molecule has 0 saturated carbocycles. The molecule has 3 amide bonds. The van der Waals surface area contributed by atoms with Crippen molar-refractivity contribution < 1.29 is 24.3 Å². The quantitative estimate of drug-likeness (QED) is 0.432. The summed E-state index contributed by atoms with van der Waals surface area (Å²) in [6, 6.07) is -1.55. The van der Waals surface area contributed by atoms with E-state index in [0.717, 1.165) is 0 Å². The standard InChI is InChI=1S/C12H20N4O5/c1-7(13)11(19)15-5-9(17)14-6-10(18)16-4-2-3-8(16)12(20)21/h7-8H,2-6,13H2,1H3,(H,14,17)(H,15,19)(H,20,21). The fourth-order valence-electron chi connectivity index (χ4n) is 1.99. The van der Waals surface area contributed by atoms with Crippen molar-refractivity contribution in [3.8, 4) is 0 Å². The second-order valence-corrected chi connectivity index (χ2v) is 4.87. The Balaban J connectivity index is 2.34. The molecule has 9 nitrogen and oxygen atoms in total. The molecule has 0 radical (unpaired) electrons. The Morgan fingerprint density at radius 1 is 1.29 bits per heavy atom. The first-order valence-electron chi connectivity index (χ1n) is 6.65. The molecule has 0 aromatic carbocycles. The molecule has 0 spiro atoms. The van der Waals surface area contributed by atoms with Crippen LogP contribution in [-0.4, -0.2) is 65.4 Å². The van der Waals surface area contributed by atoms with Crippen molar-refractivity contribution in [2.75, 3.05) is 19.6 Å². The Kier molecular flexibility index (Phi) is 6.10. The SMILES string of the molecule is CC(N)C(=O)NCC(=O)NCC(=O)N1CCCC1C(=O)O. The molecule has 9 heteroatoms. The Bertz CT molecular complexity index is 437. The summed E-state index contributed by atoms with van der Waals surface area (Å²) in [6.07, 6.45) is 1.04. The van der Waals surface area contributed by atoms with Crippen LogP contribution in [0.1, 0.15) is 19.8 Å². The van der Waals surface area contributed by atoms with Gasteiger partial charge in [-0.05, 0) is 19.8 Å². The zero-order valence-electron chi connectivity index (χ0n) is 11.8. The molecule has 1 aliphatic rings. The largest absolute Gasteiger partial charge is 0.480 e. The van der Waals surface area contributed by atoms with Gasteiger partial charge in [0.15, 0.2) is 0 Å². The maximum Gasteiger partial charge on any atom is 0.326 e. The highest BCUT2D eigenvalue weighted by Crippen LogP contribution is 2.16. The highest BCUT2D eigenvalue weighted by molar-refractivity contribution is 5.90. The highest BCUT2D eigenvalue weighted by Gasteiger charge is 2.33. The first kappa shape index (κ1) is 16.9. The van der Waals surface area contributed by atoms with E-state index in [4.69, 9.17) is 10.8 Å². The third-order valence-corrected chi connectivity index (χ3v) is 3.13. The molecule has 1 heterocycles. The van der Waals surface area contributed by atoms with Gasteiger partial charge in [-0.2, -0.15) is 0 Å². The van der Waals surface area contributed by atoms with E-state index in [1.165, 1.54) is 11.8 Å². The number of nitrogens with zero attached hydrogens (tertiary/aromatic N) is 1. The summed E-state index contributed by atoms with van der Waals surface area (Å²) < 4.78 is 0. The topological polar surface area (TPSA) is 142 Å². The summed E-state index contributed by atoms with van der Waals surface area (Å²) >= 11 is 0. The van der Waals surface area contributed by atoms with Crippen LogP contribution < -0.4 is 16.4 Å². The number of carbonyl (C=O) groups excluding carboxylic acids is 3. The van der Waals surface area contributed by atoms with Crippen LogP contribution in [0.25, 0.3) is 0 Å². The molecule has 0 bridgehead atoms. The number of hydrogen-bond donors (Lipinski definition) is 4. The van der Waals surface area contributed by atoms with E-state index in [9.17, 15) is 19.2 Å². The molecule has 1 saturated heterocycles. The first-order valence-corrected chi connectivity index (χ1v) is 6.65. The van der Waals surface area contributed by atoms with Crippen molar-refractivity contribution in [1.29, 1.82) is 0 Å². The minimum atomic E-state index is -1.05. The van der Waals surface area contributed by atoms with Gasteiger partial charge in [0.05, 0.1) is 19.1 Å². The molecule has 0 aromatic rings. The third kappa shape index (κ3) is 5.03. The number of nitrogens with one attached hydrogen (secondary N) is 2. The number of rotatable bonds is 6. The van der Waals surface area contributed by atoms with E-state index in [1.54, 1.807) is 0 Å². The zero-order chi connectivity index (χ0) is 16.0. The smallest absolute Gasteiger partial charge is 0.326 e. The van der Waals surface area contributed by atoms with Crippen LogP contribution >= 0.6 is 0 Å². The number of nitrogens with two attached hydrogens (primary N) is 1. The molecular weight excluding hydrogens is 280 g/mol. The van der Waals surface area contributed by atoms with Crippen LogP contribution in [0.15, 0.2) is 0 Å². The number of hydrogen-bond acceptors (Lipinski definition) is 5. The molecule has 118 valence electrons. The molecule has 1 rings (SSSR count). The lowest BCUT2D eigenvalue weighted by Crippen LogP contribution is -2.48. The molecule has 1 aliphatic heterocycles. The summed E-state index contributed by atoms with van der Waals surface area (Å²) in [7, 11) is 0. The molecule has 0 aromatic heterocycles. The number of amides is 3. The Labute approximate surface area is 121 Å². The second kappa shape index (κ2) is 7.58. The third-order valence-electron chi connectivity index (χ3n) is 3.13. The van der Waals surface area contributed by atoms with Crippen LogP contribution in [-0.2, 0) is 19.2 Å². The van der Waals surface area contributed by atoms with Gasteiger partial charge < -0.3 is 26.4 Å². The van der Waals surface area contributed by atoms with Crippen molar-refractivity contribution in [2.24, 2.45) is 5.73 Å². The molecule has 5 N–H and O–H groups in total. The van der Waals surface area contributed by atoms with Gasteiger partial charge in [0, 0.05) is 6.54 Å². The molecule has 2 atom stereocenters. The Morgan fingerprint density at radius 3 is 2.52 bits per heavy atom. The highest BCUT2D eigenvalue weighted by atomic mass is 16.4. The Hall–Kier alpha value is -2.16. The first-order chi connectivity index (χ1) is 9.82. The summed E-state index contributed by atoms with van der Waals surface area (Å²) in [4.78, 5) is 46.7. The van der Waals surface area contributed by atoms with Crippen LogP contribution in [0.4, 0.5) is 0 Å². The fourth-order valence-corrected chi connectivity index (χ4v) is 1.99. The predicted octanol–water partition coefficient (Wildman–Crippen LogP) is -2.36. The van der Waals surface area contributed by atoms with Gasteiger partial charge in [0.1, 0.15) is 6.04 Å². The van der Waals surface area contributed by atoms with Crippen molar-refractivity contribution in [2.45, 2.75) is 31.8 Å². The maximum atomic E-state index is 11.9. The van der Waals surface area contributed by atoms with E-state index >= 15 is 0 Å². The van der Waals surface area contributed by atoms with Crippen LogP contribution in [0.5, 0.6) is 0 Å². The lowest BCUT2D eigenvalue weighted by atomic mass is 10.2. The number of aliphatic carboxylic acids is 1. The van der Waals surface area contributed by atoms with Gasteiger partial charge in [0.2, 0.25) is 17.7 Å². The van der Waals surface area contributed by atoms with E-state index < -0.39 is 35.8 Å². The van der Waals surface area contributed by atoms with Crippen LogP contribution in [0.2, 0.25) is 0 Å². The summed E-state index contributed by atoms with van der Waals surface area (Å²) in [5.41, 5.74) is 5.31. The van der Waals surface area contributed by atoms with E-state index in [1.807, 2.05) is 0 Å². The lowest BCUT2D eigenvalue weighted by Gasteiger charge is -2.21. The van der Waals surface area contributed by atoms with Crippen molar-refractivity contribution in [3.63, 3.8) is 0 Å². The lowest BCUT2D eigenvalue weighted by molar-refractivity contribution is -0.148. The van der Waals surface area contributed by atoms with Gasteiger partial charge in [-0.1, -0.05) is 0 Å². The van der Waals surface area contributed by atoms with E-state index in [0.29, 0.717) is 19.4 Å². The number of carboxylic acid groups (broad SMARTS) is 1. The minimum absolute atomic E-state index is 0.282. The molecular formula is C12H20N4O5. The summed E-state index contributed by atoms with van der Waals surface area (Å²) in [5.74, 6) is -2.51. The number of carbonyl (C=O) groups is 4. The van der Waals surface area contributed by atoms with Gasteiger partial charge in [-0.25, -0.2) is 4.79 Å². The van der Waals surface area contributed by atoms with Gasteiger partial charge in [-0.3, -0.25) is 14.4 Å². The van der Waals surface area contributed by atoms with Gasteiger partial charge in [-0.15, -0.1) is 0 Å². The summed E-state index contributed by atoms with van der Waals surface area (Å²) in [5, 5.41) is 13.6. The maximum absolute atomic E-state index is 11.9. The minimum Gasteiger partial charge on any atom is -0.480 e. The average molecular weight is 300 g/mol. The van der Waals surface area contributed by atoms with Gasteiger partial charge >= 0.3 is 5.97 Å². The van der Waals surface area contributed by atoms with Gasteiger partial charge in [0.25, 0.3) is 0 Å². The van der Waals surface area contributed by atoms with Crippen molar-refractivity contribution in [3.05, 3.63) is 0 Å². The Morgan fingerprint density at radius 2 is 1.95 bits per heavy atom. The molecule has 0 aliphatic carbocycles. The average Bonchev–Trinajstić information content (AvgIpc) is 2.91. The van der Waals surface area contributed by atoms with Crippen molar-refractivity contribution in [1.82, 2.24) is 15.5 Å². The van der Waals surface area contributed by atoms with E-state index in [-0.39, 0.29) is 13.1 Å². The fraction of sp³-hybridized carbons (Fsp3) is 0.667. The number of carboxylic acids is 1. The molecule has 1 fully saturated rings. The molecule has 21 heavy (non-hydrogen) atoms.